The van der Waals surface area contributed by atoms with Gasteiger partial charge in [-0.2, -0.15) is 0 Å². The van der Waals surface area contributed by atoms with Crippen molar-refractivity contribution in [1.82, 2.24) is 0 Å². The maximum absolute atomic E-state index is 13.2. The van der Waals surface area contributed by atoms with Crippen LogP contribution in [0.1, 0.15) is 56.3 Å². The Morgan fingerprint density at radius 1 is 1.11 bits per heavy atom. The Labute approximate surface area is 208 Å². The minimum absolute atomic E-state index is 0.0178. The molecule has 0 amide bonds. The second-order valence-corrected chi connectivity index (χ2v) is 12.6. The average Bonchev–Trinajstić information content (AvgIpc) is 3.52. The van der Waals surface area contributed by atoms with E-state index in [2.05, 4.69) is 4.74 Å². The number of ether oxygens (including phenoxy) is 3. The highest BCUT2D eigenvalue weighted by Gasteiger charge is 2.68. The molecule has 7 nitrogen and oxygen atoms in total. The van der Waals surface area contributed by atoms with E-state index in [9.17, 15) is 30.9 Å². The van der Waals surface area contributed by atoms with E-state index in [-0.39, 0.29) is 23.1 Å². The first-order chi connectivity index (χ1) is 16.8. The predicted octanol–water partition coefficient (Wildman–Crippen LogP) is 4.76. The van der Waals surface area contributed by atoms with Crippen molar-refractivity contribution in [2.75, 3.05) is 12.4 Å². The molecule has 0 N–H and O–H groups in total. The maximum atomic E-state index is 13.2. The van der Waals surface area contributed by atoms with Crippen LogP contribution in [0.15, 0.2) is 18.2 Å². The van der Waals surface area contributed by atoms with Crippen LogP contribution in [0.4, 0.5) is 13.2 Å². The van der Waals surface area contributed by atoms with Gasteiger partial charge in [0, 0.05) is 5.92 Å². The van der Waals surface area contributed by atoms with E-state index in [1.54, 1.807) is 0 Å². The van der Waals surface area contributed by atoms with Crippen molar-refractivity contribution < 1.29 is 45.1 Å². The molecular formula is C25H30F3O7S-. The fraction of sp³-hybridized carbons (Fsp3) is 0.720. The third kappa shape index (κ3) is 4.57. The molecule has 5 rings (SSSR count). The predicted molar refractivity (Wildman–Crippen MR) is 120 cm³/mol. The minimum atomic E-state index is -4.96. The lowest BCUT2D eigenvalue weighted by Crippen LogP contribution is -2.52. The van der Waals surface area contributed by atoms with Gasteiger partial charge >= 0.3 is 12.3 Å². The van der Waals surface area contributed by atoms with E-state index in [1.807, 2.05) is 13.8 Å². The third-order valence-electron chi connectivity index (χ3n) is 9.07. The van der Waals surface area contributed by atoms with E-state index in [1.165, 1.54) is 19.3 Å². The van der Waals surface area contributed by atoms with Crippen LogP contribution >= 0.6 is 0 Å². The van der Waals surface area contributed by atoms with E-state index in [0.717, 1.165) is 37.0 Å². The van der Waals surface area contributed by atoms with Crippen LogP contribution in [0.2, 0.25) is 0 Å². The van der Waals surface area contributed by atoms with Crippen LogP contribution in [0, 0.1) is 41.4 Å². The first-order valence-corrected chi connectivity index (χ1v) is 14.0. The monoisotopic (exact) mass is 531 g/mol. The number of esters is 1. The van der Waals surface area contributed by atoms with Gasteiger partial charge < -0.3 is 18.8 Å². The summed E-state index contributed by atoms with van der Waals surface area (Å²) in [5, 5.41) is 0. The Hall–Kier alpha value is -2.01. The molecule has 4 aliphatic carbocycles. The van der Waals surface area contributed by atoms with Gasteiger partial charge in [-0.1, -0.05) is 13.8 Å². The number of halogens is 3. The van der Waals surface area contributed by atoms with Crippen molar-refractivity contribution in [3.05, 3.63) is 23.8 Å². The molecule has 0 aliphatic heterocycles. The average molecular weight is 532 g/mol. The van der Waals surface area contributed by atoms with Crippen molar-refractivity contribution in [1.29, 1.82) is 0 Å². The zero-order valence-electron chi connectivity index (χ0n) is 20.1. The van der Waals surface area contributed by atoms with Gasteiger partial charge in [-0.05, 0) is 85.8 Å². The summed E-state index contributed by atoms with van der Waals surface area (Å²) >= 11 is 0. The number of benzene rings is 1. The van der Waals surface area contributed by atoms with Crippen molar-refractivity contribution in [2.24, 2.45) is 41.4 Å². The Kier molecular flexibility index (Phi) is 6.26. The molecule has 4 bridgehead atoms. The molecule has 0 saturated heterocycles. The summed E-state index contributed by atoms with van der Waals surface area (Å²) in [7, 11) is -4.58. The number of carbonyl (C=O) groups is 1. The molecule has 1 aromatic rings. The molecule has 0 aromatic heterocycles. The normalized spacial score (nSPS) is 34.8. The Morgan fingerprint density at radius 2 is 1.81 bits per heavy atom. The van der Waals surface area contributed by atoms with Crippen LogP contribution in [0.5, 0.6) is 11.5 Å². The third-order valence-corrected chi connectivity index (χ3v) is 9.74. The molecule has 4 aliphatic rings. The Bertz CT molecular complexity index is 1130. The van der Waals surface area contributed by atoms with Crippen LogP contribution in [0.3, 0.4) is 0 Å². The zero-order chi connectivity index (χ0) is 26.0. The smallest absolute Gasteiger partial charge is 0.573 e. The molecule has 11 heteroatoms. The molecule has 0 radical (unpaired) electrons. The van der Waals surface area contributed by atoms with E-state index in [4.69, 9.17) is 9.47 Å². The first-order valence-electron chi connectivity index (χ1n) is 12.5. The molecule has 0 heterocycles. The van der Waals surface area contributed by atoms with Crippen LogP contribution < -0.4 is 9.47 Å². The van der Waals surface area contributed by atoms with Gasteiger partial charge in [-0.15, -0.1) is 13.2 Å². The fourth-order valence-corrected chi connectivity index (χ4v) is 8.26. The maximum Gasteiger partial charge on any atom is 0.573 e. The highest BCUT2D eigenvalue weighted by Crippen LogP contribution is 2.71. The minimum Gasteiger partial charge on any atom is -0.748 e. The lowest BCUT2D eigenvalue weighted by molar-refractivity contribution is -0.275. The van der Waals surface area contributed by atoms with Gasteiger partial charge in [-0.3, -0.25) is 0 Å². The largest absolute Gasteiger partial charge is 0.748 e. The van der Waals surface area contributed by atoms with Crippen molar-refractivity contribution in [3.63, 3.8) is 0 Å². The SMILES string of the molecule is CC(C)C1(Oc2cc(C(=O)OCCS(=O)(=O)[O-])ccc2OC(F)(F)F)CC2CC1C1C3CCC(C3)C21. The quantitative estimate of drug-likeness (QED) is 0.271. The Balaban J connectivity index is 1.44. The lowest BCUT2D eigenvalue weighted by atomic mass is 9.63. The van der Waals surface area contributed by atoms with Gasteiger partial charge in [0.25, 0.3) is 0 Å². The second-order valence-electron chi connectivity index (χ2n) is 11.1. The number of carbonyl (C=O) groups excluding carboxylic acids is 1. The first kappa shape index (κ1) is 25.6. The van der Waals surface area contributed by atoms with Gasteiger partial charge in [-0.25, -0.2) is 13.2 Å². The standard InChI is InChI=1S/C25H31F3O7S/c1-13(2)24(12-17-10-18(24)22-15-4-3-14(9-15)21(17)22)34-20-11-16(5-6-19(20)35-25(26,27)28)23(29)33-7-8-36(30,31)32/h5-6,11,13-15,17-18,21-22H,3-4,7-10,12H2,1-2H3,(H,30,31,32)/p-1. The van der Waals surface area contributed by atoms with Crippen LogP contribution in [-0.4, -0.2) is 43.3 Å². The van der Waals surface area contributed by atoms with E-state index < -0.39 is 46.2 Å². The second kappa shape index (κ2) is 8.79. The summed E-state index contributed by atoms with van der Waals surface area (Å²) in [4.78, 5) is 12.5. The molecule has 4 saturated carbocycles. The highest BCUT2D eigenvalue weighted by molar-refractivity contribution is 7.85. The van der Waals surface area contributed by atoms with Gasteiger partial charge in [0.15, 0.2) is 11.5 Å². The highest BCUT2D eigenvalue weighted by atomic mass is 32.2. The molecular weight excluding hydrogens is 501 g/mol. The topological polar surface area (TPSA) is 102 Å². The van der Waals surface area contributed by atoms with E-state index in [0.29, 0.717) is 23.7 Å². The van der Waals surface area contributed by atoms with Gasteiger partial charge in [0.2, 0.25) is 0 Å². The number of rotatable bonds is 8. The van der Waals surface area contributed by atoms with E-state index >= 15 is 0 Å². The van der Waals surface area contributed by atoms with Gasteiger partial charge in [0.05, 0.1) is 21.4 Å². The van der Waals surface area contributed by atoms with Crippen LogP contribution in [0.25, 0.3) is 0 Å². The lowest BCUT2D eigenvalue weighted by Gasteiger charge is -2.48. The molecule has 4 fully saturated rings. The number of fused-ring (bicyclic) bond motifs is 9. The van der Waals surface area contributed by atoms with Crippen molar-refractivity contribution in [2.45, 2.75) is 57.9 Å². The summed E-state index contributed by atoms with van der Waals surface area (Å²) in [6, 6.07) is 3.26. The summed E-state index contributed by atoms with van der Waals surface area (Å²) in [5.74, 6) is 0.682. The summed E-state index contributed by atoms with van der Waals surface area (Å²) < 4.78 is 87.5. The summed E-state index contributed by atoms with van der Waals surface area (Å²) in [5.41, 5.74) is -0.804. The number of alkyl halides is 3. The Morgan fingerprint density at radius 3 is 2.44 bits per heavy atom. The number of hydrogen-bond donors (Lipinski definition) is 0. The zero-order valence-corrected chi connectivity index (χ0v) is 20.9. The molecule has 1 aromatic carbocycles. The molecule has 7 unspecified atom stereocenters. The van der Waals surface area contributed by atoms with Crippen LogP contribution in [-0.2, 0) is 14.9 Å². The van der Waals surface area contributed by atoms with Crippen molar-refractivity contribution >= 4 is 16.1 Å². The van der Waals surface area contributed by atoms with Crippen molar-refractivity contribution in [3.8, 4) is 11.5 Å². The molecule has 36 heavy (non-hydrogen) atoms. The molecule has 0 spiro atoms. The molecule has 200 valence electrons. The fourth-order valence-electron chi connectivity index (χ4n) is 7.97. The summed E-state index contributed by atoms with van der Waals surface area (Å²) in [6.45, 7) is 3.39. The van der Waals surface area contributed by atoms with Gasteiger partial charge in [0.1, 0.15) is 12.2 Å². The number of hydrogen-bond acceptors (Lipinski definition) is 7. The molecule has 7 atom stereocenters. The summed E-state index contributed by atoms with van der Waals surface area (Å²) in [6.07, 6.45) is 0.498.